The van der Waals surface area contributed by atoms with Crippen LogP contribution in [0.5, 0.6) is 0 Å². The Labute approximate surface area is 188 Å². The molecule has 1 atom stereocenters. The molecule has 2 aromatic rings. The van der Waals surface area contributed by atoms with Crippen molar-refractivity contribution in [2.75, 3.05) is 10.6 Å². The maximum atomic E-state index is 13.0. The van der Waals surface area contributed by atoms with E-state index in [1.54, 1.807) is 31.2 Å². The highest BCUT2D eigenvalue weighted by Gasteiger charge is 2.31. The van der Waals surface area contributed by atoms with E-state index in [0.29, 0.717) is 18.5 Å². The van der Waals surface area contributed by atoms with Crippen molar-refractivity contribution in [1.82, 2.24) is 0 Å². The number of nitrogens with one attached hydrogen (secondary N) is 2. The van der Waals surface area contributed by atoms with Gasteiger partial charge in [0.05, 0.1) is 21.5 Å². The Morgan fingerprint density at radius 2 is 1.84 bits per heavy atom. The van der Waals surface area contributed by atoms with Crippen molar-refractivity contribution in [2.24, 2.45) is 0 Å². The van der Waals surface area contributed by atoms with Gasteiger partial charge in [-0.15, -0.1) is 11.8 Å². The first kappa shape index (κ1) is 25.1. The predicted octanol–water partition coefficient (Wildman–Crippen LogP) is 7.00. The van der Waals surface area contributed by atoms with E-state index < -0.39 is 22.9 Å². The number of anilines is 2. The average Bonchev–Trinajstić information content (AvgIpc) is 2.71. The summed E-state index contributed by atoms with van der Waals surface area (Å²) in [6, 6.07) is 9.90. The fraction of sp³-hybridized carbons (Fsp3) is 0.364. The molecule has 0 aliphatic heterocycles. The average molecular weight is 473 g/mol. The van der Waals surface area contributed by atoms with E-state index in [1.807, 2.05) is 6.92 Å². The highest BCUT2D eigenvalue weighted by atomic mass is 35.5. The fourth-order valence-electron chi connectivity index (χ4n) is 2.71. The quantitative estimate of drug-likeness (QED) is 0.386. The van der Waals surface area contributed by atoms with Crippen LogP contribution in [0.1, 0.15) is 45.1 Å². The minimum absolute atomic E-state index is 0.0259. The van der Waals surface area contributed by atoms with Crippen LogP contribution in [0.3, 0.4) is 0 Å². The highest BCUT2D eigenvalue weighted by Crippen LogP contribution is 2.35. The SMILES string of the molecule is CCCCC(=O)Nc1cccc(SC(CC)C(=O)Nc2cc(C(F)(F)F)ccc2Cl)c1. The largest absolute Gasteiger partial charge is 0.416 e. The Hall–Kier alpha value is -2.19. The molecular weight excluding hydrogens is 449 g/mol. The third-order valence-corrected chi connectivity index (χ3v) is 6.06. The van der Waals surface area contributed by atoms with Crippen LogP contribution < -0.4 is 10.6 Å². The van der Waals surface area contributed by atoms with Crippen LogP contribution in [0, 0.1) is 0 Å². The summed E-state index contributed by atoms with van der Waals surface area (Å²) in [5, 5.41) is 4.80. The van der Waals surface area contributed by atoms with Crippen molar-refractivity contribution in [1.29, 1.82) is 0 Å². The molecule has 31 heavy (non-hydrogen) atoms. The van der Waals surface area contributed by atoms with Crippen LogP contribution in [0.2, 0.25) is 5.02 Å². The van der Waals surface area contributed by atoms with Crippen molar-refractivity contribution in [2.45, 2.75) is 55.9 Å². The number of thioether (sulfide) groups is 1. The van der Waals surface area contributed by atoms with Gasteiger partial charge in [-0.1, -0.05) is 37.9 Å². The molecule has 2 N–H and O–H groups in total. The smallest absolute Gasteiger partial charge is 0.326 e. The van der Waals surface area contributed by atoms with E-state index in [0.717, 1.165) is 35.9 Å². The Balaban J connectivity index is 2.09. The zero-order valence-electron chi connectivity index (χ0n) is 17.2. The number of hydrogen-bond donors (Lipinski definition) is 2. The first-order valence-electron chi connectivity index (χ1n) is 9.88. The summed E-state index contributed by atoms with van der Waals surface area (Å²) in [5.41, 5.74) is -0.348. The molecule has 1 unspecified atom stereocenters. The minimum atomic E-state index is -4.54. The first-order valence-corrected chi connectivity index (χ1v) is 11.1. The lowest BCUT2D eigenvalue weighted by molar-refractivity contribution is -0.137. The zero-order chi connectivity index (χ0) is 23.0. The molecule has 168 valence electrons. The molecule has 0 aliphatic carbocycles. The van der Waals surface area contributed by atoms with Crippen molar-refractivity contribution in [3.8, 4) is 0 Å². The molecule has 0 aliphatic rings. The molecule has 0 spiro atoms. The van der Waals surface area contributed by atoms with Gasteiger partial charge >= 0.3 is 6.18 Å². The standard InChI is InChI=1S/C22H24ClF3N2O2S/c1-3-5-9-20(29)27-15-7-6-8-16(13-15)31-19(4-2)21(30)28-18-12-14(22(24,25)26)10-11-17(18)23/h6-8,10-13,19H,3-5,9H2,1-2H3,(H,27,29)(H,28,30). The summed E-state index contributed by atoms with van der Waals surface area (Å²) < 4.78 is 38.9. The lowest BCUT2D eigenvalue weighted by Crippen LogP contribution is -2.25. The second-order valence-corrected chi connectivity index (χ2v) is 8.56. The molecule has 2 rings (SSSR count). The summed E-state index contributed by atoms with van der Waals surface area (Å²) in [6.45, 7) is 3.81. The van der Waals surface area contributed by atoms with Crippen LogP contribution in [0.4, 0.5) is 24.5 Å². The molecular formula is C22H24ClF3N2O2S. The molecule has 2 aromatic carbocycles. The summed E-state index contributed by atoms with van der Waals surface area (Å²) >= 11 is 7.24. The van der Waals surface area contributed by atoms with E-state index in [-0.39, 0.29) is 16.6 Å². The normalized spacial score (nSPS) is 12.3. The number of halogens is 4. The van der Waals surface area contributed by atoms with Crippen LogP contribution in [0.15, 0.2) is 47.4 Å². The molecule has 0 bridgehead atoms. The number of unbranched alkanes of at least 4 members (excludes halogenated alkanes) is 1. The predicted molar refractivity (Wildman–Crippen MR) is 120 cm³/mol. The van der Waals surface area contributed by atoms with Crippen molar-refractivity contribution in [3.05, 3.63) is 53.1 Å². The third kappa shape index (κ3) is 7.78. The summed E-state index contributed by atoms with van der Waals surface area (Å²) in [5.74, 6) is -0.529. The van der Waals surface area contributed by atoms with E-state index in [1.165, 1.54) is 11.8 Å². The number of carbonyl (C=O) groups excluding carboxylic acids is 2. The van der Waals surface area contributed by atoms with Gasteiger partial charge in [-0.25, -0.2) is 0 Å². The number of benzene rings is 2. The molecule has 2 amide bonds. The highest BCUT2D eigenvalue weighted by molar-refractivity contribution is 8.00. The van der Waals surface area contributed by atoms with Crippen LogP contribution in [0.25, 0.3) is 0 Å². The zero-order valence-corrected chi connectivity index (χ0v) is 18.8. The Morgan fingerprint density at radius 1 is 1.10 bits per heavy atom. The van der Waals surface area contributed by atoms with Crippen LogP contribution in [-0.2, 0) is 15.8 Å². The lowest BCUT2D eigenvalue weighted by Gasteiger charge is -2.17. The first-order chi connectivity index (χ1) is 14.6. The van der Waals surface area contributed by atoms with Gasteiger partial charge in [-0.3, -0.25) is 9.59 Å². The summed E-state index contributed by atoms with van der Waals surface area (Å²) in [7, 11) is 0. The maximum Gasteiger partial charge on any atom is 0.416 e. The monoisotopic (exact) mass is 472 g/mol. The number of carbonyl (C=O) groups is 2. The number of amides is 2. The van der Waals surface area contributed by atoms with Gasteiger partial charge < -0.3 is 10.6 Å². The van der Waals surface area contributed by atoms with Gasteiger partial charge in [0.25, 0.3) is 0 Å². The minimum Gasteiger partial charge on any atom is -0.326 e. The molecule has 0 aromatic heterocycles. The van der Waals surface area contributed by atoms with Crippen molar-refractivity contribution in [3.63, 3.8) is 0 Å². The van der Waals surface area contributed by atoms with E-state index in [9.17, 15) is 22.8 Å². The van der Waals surface area contributed by atoms with E-state index in [4.69, 9.17) is 11.6 Å². The van der Waals surface area contributed by atoms with Gasteiger partial charge in [-0.2, -0.15) is 13.2 Å². The lowest BCUT2D eigenvalue weighted by atomic mass is 10.2. The molecule has 4 nitrogen and oxygen atoms in total. The van der Waals surface area contributed by atoms with E-state index in [2.05, 4.69) is 10.6 Å². The molecule has 9 heteroatoms. The molecule has 0 heterocycles. The van der Waals surface area contributed by atoms with Gasteiger partial charge in [0.2, 0.25) is 11.8 Å². The summed E-state index contributed by atoms with van der Waals surface area (Å²) in [4.78, 5) is 25.4. The number of hydrogen-bond acceptors (Lipinski definition) is 3. The van der Waals surface area contributed by atoms with Crippen LogP contribution in [-0.4, -0.2) is 17.1 Å². The molecule has 0 fully saturated rings. The molecule has 0 radical (unpaired) electrons. The fourth-order valence-corrected chi connectivity index (χ4v) is 3.88. The Bertz CT molecular complexity index is 922. The Morgan fingerprint density at radius 3 is 2.48 bits per heavy atom. The van der Waals surface area contributed by atoms with Gasteiger partial charge in [0.15, 0.2) is 0 Å². The third-order valence-electron chi connectivity index (χ3n) is 4.37. The Kier molecular flexibility index (Phi) is 9.25. The molecule has 0 saturated carbocycles. The van der Waals surface area contributed by atoms with Gasteiger partial charge in [0, 0.05) is 17.0 Å². The second kappa shape index (κ2) is 11.4. The topological polar surface area (TPSA) is 58.2 Å². The second-order valence-electron chi connectivity index (χ2n) is 6.88. The number of alkyl halides is 3. The number of rotatable bonds is 9. The van der Waals surface area contributed by atoms with Crippen molar-refractivity contribution >= 4 is 46.6 Å². The van der Waals surface area contributed by atoms with E-state index >= 15 is 0 Å². The van der Waals surface area contributed by atoms with Crippen molar-refractivity contribution < 1.29 is 22.8 Å². The van der Waals surface area contributed by atoms with Gasteiger partial charge in [0.1, 0.15) is 0 Å². The summed E-state index contributed by atoms with van der Waals surface area (Å²) in [6.07, 6.45) is -1.93. The van der Waals surface area contributed by atoms with Crippen LogP contribution >= 0.6 is 23.4 Å². The van der Waals surface area contributed by atoms with Gasteiger partial charge in [-0.05, 0) is 49.2 Å². The molecule has 0 saturated heterocycles. The maximum absolute atomic E-state index is 13.0.